The first-order valence-electron chi connectivity index (χ1n) is 6.56. The zero-order chi connectivity index (χ0) is 14.4. The Balaban J connectivity index is 2.02. The molecule has 0 aliphatic carbocycles. The number of aromatic nitrogens is 2. The van der Waals surface area contributed by atoms with E-state index in [4.69, 9.17) is 9.47 Å². The second-order valence-corrected chi connectivity index (χ2v) is 4.31. The topological polar surface area (TPSA) is 56.3 Å². The quantitative estimate of drug-likeness (QED) is 0.877. The lowest BCUT2D eigenvalue weighted by molar-refractivity contribution is 0.295. The molecular weight excluding hydrogens is 254 g/mol. The lowest BCUT2D eigenvalue weighted by Crippen LogP contribution is -2.07. The van der Waals surface area contributed by atoms with Crippen LogP contribution in [0, 0.1) is 6.92 Å². The highest BCUT2D eigenvalue weighted by Gasteiger charge is 2.03. The van der Waals surface area contributed by atoms with Crippen LogP contribution in [0.5, 0.6) is 11.5 Å². The summed E-state index contributed by atoms with van der Waals surface area (Å²) in [6.07, 6.45) is 0. The highest BCUT2D eigenvalue weighted by molar-refractivity contribution is 5.35. The molecule has 1 heterocycles. The maximum atomic E-state index is 5.67. The van der Waals surface area contributed by atoms with Gasteiger partial charge in [-0.3, -0.25) is 0 Å². The van der Waals surface area contributed by atoms with E-state index in [-0.39, 0.29) is 0 Å². The fraction of sp³-hybridized carbons (Fsp3) is 0.333. The van der Waals surface area contributed by atoms with Crippen molar-refractivity contribution in [2.24, 2.45) is 0 Å². The number of ether oxygens (including phenoxy) is 2. The van der Waals surface area contributed by atoms with E-state index >= 15 is 0 Å². The van der Waals surface area contributed by atoms with Crippen LogP contribution in [0.25, 0.3) is 0 Å². The summed E-state index contributed by atoms with van der Waals surface area (Å²) < 4.78 is 10.8. The molecule has 1 aromatic heterocycles. The Morgan fingerprint density at radius 2 is 1.80 bits per heavy atom. The van der Waals surface area contributed by atoms with Crippen LogP contribution >= 0.6 is 0 Å². The van der Waals surface area contributed by atoms with Crippen LogP contribution in [0.3, 0.4) is 0 Å². The van der Waals surface area contributed by atoms with Crippen LogP contribution in [-0.2, 0) is 6.61 Å². The lowest BCUT2D eigenvalue weighted by Gasteiger charge is -2.09. The molecule has 2 aromatic rings. The summed E-state index contributed by atoms with van der Waals surface area (Å²) in [4.78, 5) is 8.76. The summed E-state index contributed by atoms with van der Waals surface area (Å²) in [7, 11) is 1.64. The molecule has 0 fully saturated rings. The first-order chi connectivity index (χ1) is 9.71. The first kappa shape index (κ1) is 14.1. The molecule has 106 valence electrons. The smallest absolute Gasteiger partial charge is 0.168 e. The first-order valence-corrected chi connectivity index (χ1v) is 6.56. The van der Waals surface area contributed by atoms with E-state index in [0.717, 1.165) is 29.6 Å². The zero-order valence-corrected chi connectivity index (χ0v) is 12.0. The number of hydrogen-bond donors (Lipinski definition) is 1. The van der Waals surface area contributed by atoms with Crippen molar-refractivity contribution in [2.75, 3.05) is 19.0 Å². The molecule has 1 aromatic carbocycles. The second kappa shape index (κ2) is 6.75. The van der Waals surface area contributed by atoms with Gasteiger partial charge in [-0.1, -0.05) is 0 Å². The van der Waals surface area contributed by atoms with Gasteiger partial charge in [0.05, 0.1) is 7.11 Å². The minimum absolute atomic E-state index is 0.340. The molecule has 0 aliphatic rings. The largest absolute Gasteiger partial charge is 0.497 e. The van der Waals surface area contributed by atoms with Crippen LogP contribution in [0.4, 0.5) is 5.82 Å². The van der Waals surface area contributed by atoms with Gasteiger partial charge in [0.1, 0.15) is 23.9 Å². The molecule has 0 radical (unpaired) electrons. The van der Waals surface area contributed by atoms with Crippen molar-refractivity contribution >= 4 is 5.82 Å². The Bertz CT molecular complexity index is 556. The van der Waals surface area contributed by atoms with Crippen molar-refractivity contribution in [3.05, 3.63) is 41.9 Å². The Hall–Kier alpha value is -2.30. The maximum absolute atomic E-state index is 5.67. The van der Waals surface area contributed by atoms with Gasteiger partial charge >= 0.3 is 0 Å². The predicted molar refractivity (Wildman–Crippen MR) is 78.3 cm³/mol. The minimum atomic E-state index is 0.340. The SMILES string of the molecule is CCNc1cc(C)nc(COc2ccc(OC)cc2)n1. The molecule has 0 saturated carbocycles. The number of hydrogen-bond acceptors (Lipinski definition) is 5. The van der Waals surface area contributed by atoms with Crippen molar-refractivity contribution in [2.45, 2.75) is 20.5 Å². The van der Waals surface area contributed by atoms with Crippen LogP contribution in [0.1, 0.15) is 18.4 Å². The molecule has 2 rings (SSSR count). The molecule has 5 heteroatoms. The van der Waals surface area contributed by atoms with Gasteiger partial charge in [-0.15, -0.1) is 0 Å². The molecule has 5 nitrogen and oxygen atoms in total. The highest BCUT2D eigenvalue weighted by atomic mass is 16.5. The van der Waals surface area contributed by atoms with Gasteiger partial charge in [0, 0.05) is 18.3 Å². The number of nitrogens with one attached hydrogen (secondary N) is 1. The van der Waals surface area contributed by atoms with E-state index in [0.29, 0.717) is 12.4 Å². The van der Waals surface area contributed by atoms with Crippen molar-refractivity contribution in [1.82, 2.24) is 9.97 Å². The Morgan fingerprint density at radius 3 is 2.45 bits per heavy atom. The van der Waals surface area contributed by atoms with Gasteiger partial charge in [0.2, 0.25) is 0 Å². The van der Waals surface area contributed by atoms with Crippen LogP contribution in [0.15, 0.2) is 30.3 Å². The second-order valence-electron chi connectivity index (χ2n) is 4.31. The van der Waals surface area contributed by atoms with Gasteiger partial charge in [0.15, 0.2) is 5.82 Å². The molecule has 0 aliphatic heterocycles. The average Bonchev–Trinajstić information content (AvgIpc) is 2.45. The molecule has 20 heavy (non-hydrogen) atoms. The van der Waals surface area contributed by atoms with E-state index in [1.165, 1.54) is 0 Å². The van der Waals surface area contributed by atoms with Crippen molar-refractivity contribution in [1.29, 1.82) is 0 Å². The number of rotatable bonds is 6. The number of benzene rings is 1. The van der Waals surface area contributed by atoms with Crippen molar-refractivity contribution in [3.63, 3.8) is 0 Å². The van der Waals surface area contributed by atoms with Crippen LogP contribution < -0.4 is 14.8 Å². The number of methoxy groups -OCH3 is 1. The molecular formula is C15H19N3O2. The summed E-state index contributed by atoms with van der Waals surface area (Å²) in [5.41, 5.74) is 0.921. The Morgan fingerprint density at radius 1 is 1.10 bits per heavy atom. The standard InChI is InChI=1S/C15H19N3O2/c1-4-16-14-9-11(2)17-15(18-14)10-20-13-7-5-12(19-3)6-8-13/h5-9H,4,10H2,1-3H3,(H,16,17,18). The molecule has 0 saturated heterocycles. The number of anilines is 1. The third kappa shape index (κ3) is 3.85. The summed E-state index contributed by atoms with van der Waals surface area (Å²) >= 11 is 0. The van der Waals surface area contributed by atoms with Gasteiger partial charge in [-0.2, -0.15) is 0 Å². The highest BCUT2D eigenvalue weighted by Crippen LogP contribution is 2.18. The van der Waals surface area contributed by atoms with E-state index < -0.39 is 0 Å². The fourth-order valence-electron chi connectivity index (χ4n) is 1.79. The Labute approximate surface area is 119 Å². The van der Waals surface area contributed by atoms with E-state index in [2.05, 4.69) is 15.3 Å². The van der Waals surface area contributed by atoms with Crippen molar-refractivity contribution < 1.29 is 9.47 Å². The number of aryl methyl sites for hydroxylation is 1. The van der Waals surface area contributed by atoms with E-state index in [9.17, 15) is 0 Å². The Kier molecular flexibility index (Phi) is 4.76. The summed E-state index contributed by atoms with van der Waals surface area (Å²) in [6.45, 7) is 5.14. The van der Waals surface area contributed by atoms with Gasteiger partial charge < -0.3 is 14.8 Å². The van der Waals surface area contributed by atoms with E-state index in [1.54, 1.807) is 7.11 Å². The van der Waals surface area contributed by atoms with E-state index in [1.807, 2.05) is 44.2 Å². The molecule has 0 amide bonds. The molecule has 0 spiro atoms. The van der Waals surface area contributed by atoms with Crippen molar-refractivity contribution in [3.8, 4) is 11.5 Å². The zero-order valence-electron chi connectivity index (χ0n) is 12.0. The maximum Gasteiger partial charge on any atom is 0.168 e. The third-order valence-corrected chi connectivity index (χ3v) is 2.69. The minimum Gasteiger partial charge on any atom is -0.497 e. The number of nitrogens with zero attached hydrogens (tertiary/aromatic N) is 2. The average molecular weight is 273 g/mol. The lowest BCUT2D eigenvalue weighted by atomic mass is 10.3. The molecule has 0 bridgehead atoms. The van der Waals surface area contributed by atoms with Crippen LogP contribution in [-0.4, -0.2) is 23.6 Å². The van der Waals surface area contributed by atoms with Gasteiger partial charge in [-0.05, 0) is 38.1 Å². The molecule has 0 unspecified atom stereocenters. The predicted octanol–water partition coefficient (Wildman–Crippen LogP) is 2.80. The molecule has 0 atom stereocenters. The van der Waals surface area contributed by atoms with Gasteiger partial charge in [0.25, 0.3) is 0 Å². The third-order valence-electron chi connectivity index (χ3n) is 2.69. The van der Waals surface area contributed by atoms with Crippen LogP contribution in [0.2, 0.25) is 0 Å². The summed E-state index contributed by atoms with van der Waals surface area (Å²) in [6, 6.07) is 9.35. The monoisotopic (exact) mass is 273 g/mol. The fourth-order valence-corrected chi connectivity index (χ4v) is 1.79. The normalized spacial score (nSPS) is 10.2. The summed E-state index contributed by atoms with van der Waals surface area (Å²) in [5, 5.41) is 3.18. The molecule has 1 N–H and O–H groups in total. The summed E-state index contributed by atoms with van der Waals surface area (Å²) in [5.74, 6) is 3.06. The van der Waals surface area contributed by atoms with Gasteiger partial charge in [-0.25, -0.2) is 9.97 Å².